The van der Waals surface area contributed by atoms with Crippen LogP contribution in [0.1, 0.15) is 48.3 Å². The van der Waals surface area contributed by atoms with Crippen LogP contribution in [0.25, 0.3) is 11.3 Å². The summed E-state index contributed by atoms with van der Waals surface area (Å²) in [4.78, 5) is 34.9. The smallest absolute Gasteiger partial charge is 0.222 e. The molecule has 0 radical (unpaired) electrons. The summed E-state index contributed by atoms with van der Waals surface area (Å²) in [5.41, 5.74) is 2.59. The molecule has 1 amide bonds. The molecule has 1 aromatic heterocycles. The number of hydrogen-bond acceptors (Lipinski definition) is 6. The summed E-state index contributed by atoms with van der Waals surface area (Å²) in [5.74, 6) is 0.950. The molecule has 0 aliphatic carbocycles. The van der Waals surface area contributed by atoms with Gasteiger partial charge >= 0.3 is 0 Å². The lowest BCUT2D eigenvalue weighted by Gasteiger charge is -2.32. The van der Waals surface area contributed by atoms with Crippen LogP contribution in [-0.4, -0.2) is 54.2 Å². The normalized spacial score (nSPS) is 15.1. The number of amides is 1. The maximum Gasteiger partial charge on any atom is 0.222 e. The molecule has 0 bridgehead atoms. The van der Waals surface area contributed by atoms with E-state index < -0.39 is 0 Å². The third-order valence-corrected chi connectivity index (χ3v) is 5.60. The second-order valence-electron chi connectivity index (χ2n) is 8.41. The minimum absolute atomic E-state index is 0.00140. The summed E-state index contributed by atoms with van der Waals surface area (Å²) in [7, 11) is 3.75. The van der Waals surface area contributed by atoms with Gasteiger partial charge < -0.3 is 15.5 Å². The highest BCUT2D eigenvalue weighted by Gasteiger charge is 2.26. The van der Waals surface area contributed by atoms with Crippen LogP contribution in [0.4, 0.5) is 15.9 Å². The average Bonchev–Trinajstić information content (AvgIpc) is 2.88. The molecular weight excluding hydrogens is 445 g/mol. The van der Waals surface area contributed by atoms with Gasteiger partial charge in [-0.15, -0.1) is 0 Å². The van der Waals surface area contributed by atoms with E-state index in [1.165, 1.54) is 12.1 Å². The van der Waals surface area contributed by atoms with Crippen molar-refractivity contribution in [2.24, 2.45) is 0 Å². The topological polar surface area (TPSA) is 87.2 Å². The second-order valence-corrected chi connectivity index (χ2v) is 8.41. The van der Waals surface area contributed by atoms with Crippen LogP contribution >= 0.6 is 0 Å². The van der Waals surface area contributed by atoms with E-state index in [4.69, 9.17) is 9.97 Å². The van der Waals surface area contributed by atoms with Crippen LogP contribution in [0.15, 0.2) is 54.6 Å². The zero-order chi connectivity index (χ0) is 25.2. The van der Waals surface area contributed by atoms with Gasteiger partial charge in [0.15, 0.2) is 0 Å². The monoisotopic (exact) mass is 477 g/mol. The van der Waals surface area contributed by atoms with Gasteiger partial charge in [0.05, 0.1) is 5.69 Å². The number of rotatable bonds is 6. The van der Waals surface area contributed by atoms with E-state index in [2.05, 4.69) is 10.6 Å². The summed E-state index contributed by atoms with van der Waals surface area (Å²) in [5, 5.41) is 5.92. The quantitative estimate of drug-likeness (QED) is 0.497. The van der Waals surface area contributed by atoms with Crippen molar-refractivity contribution in [2.75, 3.05) is 32.5 Å². The Morgan fingerprint density at radius 2 is 1.91 bits per heavy atom. The molecule has 3 aromatic rings. The number of halogens is 1. The molecule has 8 heteroatoms. The Labute approximate surface area is 205 Å². The Morgan fingerprint density at radius 3 is 2.63 bits per heavy atom. The molecule has 0 spiro atoms. The number of carbonyl (C=O) groups excluding carboxylic acids is 2. The first-order valence-corrected chi connectivity index (χ1v) is 11.8. The summed E-state index contributed by atoms with van der Waals surface area (Å²) in [6.45, 7) is 3.19. The predicted octanol–water partition coefficient (Wildman–Crippen LogP) is 4.79. The van der Waals surface area contributed by atoms with Gasteiger partial charge in [0.1, 0.15) is 23.7 Å². The summed E-state index contributed by atoms with van der Waals surface area (Å²) < 4.78 is 13.7. The number of carbonyl (C=O) groups is 2. The van der Waals surface area contributed by atoms with E-state index in [0.717, 1.165) is 31.2 Å². The molecule has 4 rings (SSSR count). The molecule has 1 aliphatic rings. The number of aromatic nitrogens is 2. The lowest BCUT2D eigenvalue weighted by Crippen LogP contribution is -2.39. The number of piperidine rings is 1. The van der Waals surface area contributed by atoms with E-state index >= 15 is 0 Å². The maximum absolute atomic E-state index is 13.7. The van der Waals surface area contributed by atoms with Gasteiger partial charge in [0, 0.05) is 48.3 Å². The highest BCUT2D eigenvalue weighted by molar-refractivity contribution is 5.79. The standard InChI is InChI=1S/C25H25FN4O2.C2H7N/c1-2-24(32)30-11-5-8-19(15-30)25-28-22(18-7-3-6-17(12-18)16-31)14-23(29-25)27-21-10-4-9-20(26)13-21;1-3-2/h3-4,6-7,9-10,12-14,16,19H,2,5,8,11,15H2,1H3,(H,27,28,29);3H,1-2H3. The lowest BCUT2D eigenvalue weighted by molar-refractivity contribution is -0.132. The van der Waals surface area contributed by atoms with Crippen LogP contribution in [0.3, 0.4) is 0 Å². The van der Waals surface area contributed by atoms with Crippen LogP contribution in [0.5, 0.6) is 0 Å². The van der Waals surface area contributed by atoms with Crippen LogP contribution < -0.4 is 10.6 Å². The Hall–Kier alpha value is -3.65. The number of nitrogens with one attached hydrogen (secondary N) is 2. The van der Waals surface area contributed by atoms with Crippen LogP contribution in [0, 0.1) is 5.82 Å². The SMILES string of the molecule is CCC(=O)N1CCCC(c2nc(Nc3cccc(F)c3)cc(-c3cccc(C=O)c3)n2)C1.CNC. The summed E-state index contributed by atoms with van der Waals surface area (Å²) in [6, 6.07) is 15.2. The number of nitrogens with zero attached hydrogens (tertiary/aromatic N) is 3. The van der Waals surface area contributed by atoms with Crippen molar-refractivity contribution in [3.63, 3.8) is 0 Å². The van der Waals surface area contributed by atoms with E-state index in [0.29, 0.717) is 41.6 Å². The molecule has 1 saturated heterocycles. The molecule has 2 aromatic carbocycles. The summed E-state index contributed by atoms with van der Waals surface area (Å²) in [6.07, 6.45) is 3.04. The maximum atomic E-state index is 13.7. The van der Waals surface area contributed by atoms with Gasteiger partial charge in [0.2, 0.25) is 5.91 Å². The lowest BCUT2D eigenvalue weighted by atomic mass is 9.96. The first kappa shape index (κ1) is 26.0. The van der Waals surface area contributed by atoms with Crippen molar-refractivity contribution in [1.82, 2.24) is 20.2 Å². The van der Waals surface area contributed by atoms with Gasteiger partial charge in [-0.1, -0.05) is 31.2 Å². The van der Waals surface area contributed by atoms with Gasteiger partial charge in [-0.3, -0.25) is 9.59 Å². The van der Waals surface area contributed by atoms with Crippen molar-refractivity contribution < 1.29 is 14.0 Å². The van der Waals surface area contributed by atoms with E-state index in [1.54, 1.807) is 30.3 Å². The minimum atomic E-state index is -0.343. The van der Waals surface area contributed by atoms with Crippen LogP contribution in [-0.2, 0) is 4.79 Å². The van der Waals surface area contributed by atoms with Crippen molar-refractivity contribution in [3.8, 4) is 11.3 Å². The highest BCUT2D eigenvalue weighted by atomic mass is 19.1. The molecule has 7 nitrogen and oxygen atoms in total. The molecule has 0 saturated carbocycles. The fraction of sp³-hybridized carbons (Fsp3) is 0.333. The molecule has 184 valence electrons. The van der Waals surface area contributed by atoms with Gasteiger partial charge in [0.25, 0.3) is 0 Å². The van der Waals surface area contributed by atoms with Gasteiger partial charge in [-0.2, -0.15) is 0 Å². The summed E-state index contributed by atoms with van der Waals surface area (Å²) >= 11 is 0. The zero-order valence-corrected chi connectivity index (χ0v) is 20.4. The van der Waals surface area contributed by atoms with E-state index in [1.807, 2.05) is 38.1 Å². The molecule has 1 aliphatic heterocycles. The van der Waals surface area contributed by atoms with E-state index in [-0.39, 0.29) is 17.6 Å². The molecule has 35 heavy (non-hydrogen) atoms. The largest absolute Gasteiger partial charge is 0.342 e. The Kier molecular flexibility index (Phi) is 9.43. The van der Waals surface area contributed by atoms with Crippen molar-refractivity contribution >= 4 is 23.7 Å². The molecule has 1 fully saturated rings. The second kappa shape index (κ2) is 12.7. The van der Waals surface area contributed by atoms with E-state index in [9.17, 15) is 14.0 Å². The molecule has 2 N–H and O–H groups in total. The first-order chi connectivity index (χ1) is 17.0. The predicted molar refractivity (Wildman–Crippen MR) is 136 cm³/mol. The zero-order valence-electron chi connectivity index (χ0n) is 20.4. The fourth-order valence-electron chi connectivity index (χ4n) is 3.98. The Balaban J connectivity index is 0.00000108. The third-order valence-electron chi connectivity index (χ3n) is 5.60. The number of likely N-dealkylation sites (tertiary alicyclic amines) is 1. The third kappa shape index (κ3) is 7.16. The number of aldehydes is 1. The average molecular weight is 478 g/mol. The molecule has 1 unspecified atom stereocenters. The molecule has 2 heterocycles. The van der Waals surface area contributed by atoms with Crippen molar-refractivity contribution in [2.45, 2.75) is 32.1 Å². The molecule has 1 atom stereocenters. The van der Waals surface area contributed by atoms with Crippen LogP contribution in [0.2, 0.25) is 0 Å². The molecular formula is C27H32FN5O2. The number of anilines is 2. The van der Waals surface area contributed by atoms with Gasteiger partial charge in [-0.05, 0) is 51.2 Å². The van der Waals surface area contributed by atoms with Crippen molar-refractivity contribution in [3.05, 3.63) is 71.8 Å². The Morgan fingerprint density at radius 1 is 1.14 bits per heavy atom. The highest BCUT2D eigenvalue weighted by Crippen LogP contribution is 2.30. The fourth-order valence-corrected chi connectivity index (χ4v) is 3.98. The van der Waals surface area contributed by atoms with Gasteiger partial charge in [-0.25, -0.2) is 14.4 Å². The number of hydrogen-bond donors (Lipinski definition) is 2. The minimum Gasteiger partial charge on any atom is -0.342 e. The van der Waals surface area contributed by atoms with Crippen molar-refractivity contribution in [1.29, 1.82) is 0 Å². The Bertz CT molecular complexity index is 1150. The number of benzene rings is 2. The first-order valence-electron chi connectivity index (χ1n) is 11.8.